The summed E-state index contributed by atoms with van der Waals surface area (Å²) in [6.45, 7) is 1.75. The summed E-state index contributed by atoms with van der Waals surface area (Å²) < 4.78 is 13.1. The minimum atomic E-state index is -0.436. The van der Waals surface area contributed by atoms with Gasteiger partial charge in [0.05, 0.1) is 11.9 Å². The number of pyridine rings is 1. The largest absolute Gasteiger partial charge is 0.397 e. The van der Waals surface area contributed by atoms with E-state index < -0.39 is 5.82 Å². The van der Waals surface area contributed by atoms with Crippen LogP contribution < -0.4 is 5.73 Å². The summed E-state index contributed by atoms with van der Waals surface area (Å²) in [6, 6.07) is 7.23. The summed E-state index contributed by atoms with van der Waals surface area (Å²) in [5.74, 6) is -0.739. The fourth-order valence-corrected chi connectivity index (χ4v) is 1.52. The second kappa shape index (κ2) is 4.33. The van der Waals surface area contributed by atoms with Crippen molar-refractivity contribution in [3.05, 3.63) is 59.2 Å². The van der Waals surface area contributed by atoms with E-state index in [1.54, 1.807) is 19.1 Å². The predicted molar refractivity (Wildman–Crippen MR) is 63.2 cm³/mol. The van der Waals surface area contributed by atoms with Crippen LogP contribution in [-0.4, -0.2) is 10.8 Å². The SMILES string of the molecule is Cc1ccc(F)cc1C(=O)c1ccc(N)cn1. The Hall–Kier alpha value is -2.23. The molecule has 2 N–H and O–H groups in total. The van der Waals surface area contributed by atoms with Crippen molar-refractivity contribution in [1.82, 2.24) is 4.98 Å². The zero-order chi connectivity index (χ0) is 12.4. The van der Waals surface area contributed by atoms with Gasteiger partial charge in [-0.05, 0) is 36.8 Å². The van der Waals surface area contributed by atoms with Crippen molar-refractivity contribution in [1.29, 1.82) is 0 Å². The lowest BCUT2D eigenvalue weighted by atomic mass is 10.0. The Balaban J connectivity index is 2.43. The summed E-state index contributed by atoms with van der Waals surface area (Å²) in [4.78, 5) is 16.0. The fourth-order valence-electron chi connectivity index (χ4n) is 1.52. The standard InChI is InChI=1S/C13H11FN2O/c1-8-2-3-9(14)6-11(8)13(17)12-5-4-10(15)7-16-12/h2-7H,15H2,1H3. The van der Waals surface area contributed by atoms with Crippen LogP contribution in [0.3, 0.4) is 0 Å². The highest BCUT2D eigenvalue weighted by Gasteiger charge is 2.13. The van der Waals surface area contributed by atoms with E-state index in [0.29, 0.717) is 11.3 Å². The quantitative estimate of drug-likeness (QED) is 0.805. The molecule has 0 spiro atoms. The molecule has 0 amide bonds. The second-order valence-electron chi connectivity index (χ2n) is 3.77. The number of ketones is 1. The average molecular weight is 230 g/mol. The Bertz CT molecular complexity index is 564. The molecular formula is C13H11FN2O. The van der Waals surface area contributed by atoms with Crippen LogP contribution in [0, 0.1) is 12.7 Å². The average Bonchev–Trinajstić information content (AvgIpc) is 2.32. The first-order chi connectivity index (χ1) is 8.08. The van der Waals surface area contributed by atoms with E-state index in [0.717, 1.165) is 5.56 Å². The van der Waals surface area contributed by atoms with Crippen LogP contribution in [0.4, 0.5) is 10.1 Å². The zero-order valence-corrected chi connectivity index (χ0v) is 9.27. The number of nitrogen functional groups attached to an aromatic ring is 1. The van der Waals surface area contributed by atoms with Gasteiger partial charge >= 0.3 is 0 Å². The van der Waals surface area contributed by atoms with Crippen LogP contribution in [0.15, 0.2) is 36.5 Å². The van der Waals surface area contributed by atoms with Gasteiger partial charge in [0.25, 0.3) is 0 Å². The van der Waals surface area contributed by atoms with Gasteiger partial charge in [-0.25, -0.2) is 4.39 Å². The van der Waals surface area contributed by atoms with Gasteiger partial charge in [0, 0.05) is 5.56 Å². The summed E-state index contributed by atoms with van der Waals surface area (Å²) in [5.41, 5.74) is 7.27. The highest BCUT2D eigenvalue weighted by atomic mass is 19.1. The summed E-state index contributed by atoms with van der Waals surface area (Å²) in [6.07, 6.45) is 1.40. The Morgan fingerprint density at radius 3 is 2.71 bits per heavy atom. The normalized spacial score (nSPS) is 10.2. The molecule has 17 heavy (non-hydrogen) atoms. The minimum Gasteiger partial charge on any atom is -0.397 e. The molecule has 0 saturated heterocycles. The number of benzene rings is 1. The first kappa shape index (κ1) is 11.3. The Morgan fingerprint density at radius 2 is 2.06 bits per heavy atom. The molecule has 0 atom stereocenters. The second-order valence-corrected chi connectivity index (χ2v) is 3.77. The van der Waals surface area contributed by atoms with Gasteiger partial charge in [0.1, 0.15) is 11.5 Å². The lowest BCUT2D eigenvalue weighted by Crippen LogP contribution is -2.06. The van der Waals surface area contributed by atoms with Crippen molar-refractivity contribution in [3.8, 4) is 0 Å². The van der Waals surface area contributed by atoms with Crippen LogP contribution in [-0.2, 0) is 0 Å². The third-order valence-electron chi connectivity index (χ3n) is 2.46. The molecule has 86 valence electrons. The number of carbonyl (C=O) groups is 1. The lowest BCUT2D eigenvalue weighted by molar-refractivity contribution is 0.103. The van der Waals surface area contributed by atoms with E-state index in [2.05, 4.69) is 4.98 Å². The molecule has 0 unspecified atom stereocenters. The van der Waals surface area contributed by atoms with Crippen molar-refractivity contribution in [3.63, 3.8) is 0 Å². The van der Waals surface area contributed by atoms with E-state index in [1.165, 1.54) is 24.4 Å². The van der Waals surface area contributed by atoms with Crippen LogP contribution in [0.25, 0.3) is 0 Å². The van der Waals surface area contributed by atoms with Crippen molar-refractivity contribution in [2.75, 3.05) is 5.73 Å². The molecule has 0 aliphatic heterocycles. The van der Waals surface area contributed by atoms with Gasteiger partial charge in [-0.2, -0.15) is 0 Å². The fraction of sp³-hybridized carbons (Fsp3) is 0.0769. The third kappa shape index (κ3) is 2.30. The first-order valence-corrected chi connectivity index (χ1v) is 5.10. The molecule has 0 saturated carbocycles. The minimum absolute atomic E-state index is 0.257. The maximum absolute atomic E-state index is 13.1. The molecule has 2 rings (SSSR count). The number of carbonyl (C=O) groups excluding carboxylic acids is 1. The molecule has 0 radical (unpaired) electrons. The van der Waals surface area contributed by atoms with Gasteiger partial charge in [0.15, 0.2) is 0 Å². The van der Waals surface area contributed by atoms with Crippen LogP contribution >= 0.6 is 0 Å². The molecule has 4 heteroatoms. The van der Waals surface area contributed by atoms with Crippen molar-refractivity contribution < 1.29 is 9.18 Å². The molecule has 1 heterocycles. The number of nitrogens with zero attached hydrogens (tertiary/aromatic N) is 1. The van der Waals surface area contributed by atoms with E-state index in [9.17, 15) is 9.18 Å². The van der Waals surface area contributed by atoms with E-state index in [-0.39, 0.29) is 11.5 Å². The molecule has 0 fully saturated rings. The Morgan fingerprint density at radius 1 is 1.29 bits per heavy atom. The van der Waals surface area contributed by atoms with Gasteiger partial charge in [-0.15, -0.1) is 0 Å². The molecule has 0 aliphatic rings. The van der Waals surface area contributed by atoms with Crippen LogP contribution in [0.1, 0.15) is 21.6 Å². The van der Waals surface area contributed by atoms with E-state index >= 15 is 0 Å². The zero-order valence-electron chi connectivity index (χ0n) is 9.27. The highest BCUT2D eigenvalue weighted by molar-refractivity contribution is 6.08. The maximum atomic E-state index is 13.1. The molecule has 1 aromatic heterocycles. The first-order valence-electron chi connectivity index (χ1n) is 5.10. The predicted octanol–water partition coefficient (Wildman–Crippen LogP) is 2.34. The van der Waals surface area contributed by atoms with Crippen molar-refractivity contribution in [2.24, 2.45) is 0 Å². The molecule has 3 nitrogen and oxygen atoms in total. The molecule has 0 bridgehead atoms. The number of nitrogens with two attached hydrogens (primary N) is 1. The van der Waals surface area contributed by atoms with Crippen LogP contribution in [0.2, 0.25) is 0 Å². The number of aromatic nitrogens is 1. The number of halogens is 1. The topological polar surface area (TPSA) is 56.0 Å². The number of anilines is 1. The number of aryl methyl sites for hydroxylation is 1. The molecule has 1 aromatic carbocycles. The van der Waals surface area contributed by atoms with Gasteiger partial charge in [-0.1, -0.05) is 6.07 Å². The summed E-state index contributed by atoms with van der Waals surface area (Å²) in [7, 11) is 0. The number of rotatable bonds is 2. The monoisotopic (exact) mass is 230 g/mol. The number of hydrogen-bond donors (Lipinski definition) is 1. The lowest BCUT2D eigenvalue weighted by Gasteiger charge is -2.04. The third-order valence-corrected chi connectivity index (χ3v) is 2.46. The van der Waals surface area contributed by atoms with Crippen LogP contribution in [0.5, 0.6) is 0 Å². The molecular weight excluding hydrogens is 219 g/mol. The van der Waals surface area contributed by atoms with Gasteiger partial charge < -0.3 is 5.73 Å². The Labute approximate surface area is 98.1 Å². The highest BCUT2D eigenvalue weighted by Crippen LogP contribution is 2.15. The number of hydrogen-bond acceptors (Lipinski definition) is 3. The smallest absolute Gasteiger partial charge is 0.211 e. The molecule has 0 aliphatic carbocycles. The van der Waals surface area contributed by atoms with Gasteiger partial charge in [0.2, 0.25) is 5.78 Å². The van der Waals surface area contributed by atoms with E-state index in [1.807, 2.05) is 0 Å². The summed E-state index contributed by atoms with van der Waals surface area (Å²) in [5, 5.41) is 0. The Kier molecular flexibility index (Phi) is 2.87. The van der Waals surface area contributed by atoms with E-state index in [4.69, 9.17) is 5.73 Å². The van der Waals surface area contributed by atoms with Crippen molar-refractivity contribution in [2.45, 2.75) is 6.92 Å². The maximum Gasteiger partial charge on any atom is 0.211 e. The van der Waals surface area contributed by atoms with Crippen molar-refractivity contribution >= 4 is 11.5 Å². The van der Waals surface area contributed by atoms with Gasteiger partial charge in [-0.3, -0.25) is 9.78 Å². The summed E-state index contributed by atoms with van der Waals surface area (Å²) >= 11 is 0. The molecule has 2 aromatic rings.